The topological polar surface area (TPSA) is 125 Å². The Morgan fingerprint density at radius 3 is 2.57 bits per heavy atom. The van der Waals surface area contributed by atoms with Gasteiger partial charge in [0, 0.05) is 12.7 Å². The first-order valence-corrected chi connectivity index (χ1v) is 9.71. The molecule has 0 bridgehead atoms. The zero-order valence-corrected chi connectivity index (χ0v) is 17.2. The van der Waals surface area contributed by atoms with Gasteiger partial charge in [0.05, 0.1) is 18.1 Å². The van der Waals surface area contributed by atoms with E-state index >= 15 is 0 Å². The number of nitrogens with one attached hydrogen (secondary N) is 2. The van der Waals surface area contributed by atoms with E-state index in [9.17, 15) is 19.5 Å². The lowest BCUT2D eigenvalue weighted by Crippen LogP contribution is -2.50. The molecule has 0 saturated carbocycles. The van der Waals surface area contributed by atoms with E-state index in [1.165, 1.54) is 17.4 Å². The van der Waals surface area contributed by atoms with Crippen molar-refractivity contribution in [1.29, 1.82) is 0 Å². The van der Waals surface area contributed by atoms with Gasteiger partial charge in [0.1, 0.15) is 17.6 Å². The Morgan fingerprint density at radius 2 is 2.00 bits per heavy atom. The van der Waals surface area contributed by atoms with Gasteiger partial charge in [0.25, 0.3) is 0 Å². The van der Waals surface area contributed by atoms with E-state index in [1.54, 1.807) is 20.8 Å². The summed E-state index contributed by atoms with van der Waals surface area (Å²) in [4.78, 5) is 45.8. The van der Waals surface area contributed by atoms with E-state index in [4.69, 9.17) is 4.74 Å². The van der Waals surface area contributed by atoms with E-state index in [1.807, 2.05) is 30.3 Å². The molecule has 9 nitrogen and oxygen atoms in total. The molecular formula is C21H26N4O5. The number of esters is 1. The second-order valence-electron chi connectivity index (χ2n) is 8.28. The first kappa shape index (κ1) is 21.4. The quantitative estimate of drug-likeness (QED) is 0.595. The maximum absolute atomic E-state index is 12.9. The van der Waals surface area contributed by atoms with Gasteiger partial charge in [-0.05, 0) is 32.8 Å². The normalized spacial score (nSPS) is 18.6. The number of imidazole rings is 1. The molecule has 2 amide bonds. The van der Waals surface area contributed by atoms with Crippen LogP contribution in [0.1, 0.15) is 37.9 Å². The lowest BCUT2D eigenvalue weighted by molar-refractivity contribution is -0.162. The van der Waals surface area contributed by atoms with Crippen LogP contribution in [0.15, 0.2) is 42.9 Å². The maximum Gasteiger partial charge on any atom is 0.327 e. The van der Waals surface area contributed by atoms with Gasteiger partial charge >= 0.3 is 18.0 Å². The molecule has 9 heteroatoms. The minimum Gasteiger partial charge on any atom is -0.480 e. The van der Waals surface area contributed by atoms with Crippen LogP contribution in [0.2, 0.25) is 0 Å². The van der Waals surface area contributed by atoms with Crippen LogP contribution in [0.3, 0.4) is 0 Å². The molecule has 1 aliphatic heterocycles. The molecule has 3 atom stereocenters. The number of H-pyrrole nitrogens is 1. The molecule has 1 aliphatic rings. The van der Waals surface area contributed by atoms with Gasteiger partial charge in [-0.1, -0.05) is 30.3 Å². The highest BCUT2D eigenvalue weighted by Gasteiger charge is 2.47. The molecule has 30 heavy (non-hydrogen) atoms. The van der Waals surface area contributed by atoms with Crippen LogP contribution in [0.5, 0.6) is 0 Å². The number of ether oxygens (including phenoxy) is 1. The van der Waals surface area contributed by atoms with Crippen molar-refractivity contribution < 1.29 is 24.2 Å². The number of benzene rings is 1. The zero-order valence-electron chi connectivity index (χ0n) is 17.2. The minimum atomic E-state index is -1.45. The summed E-state index contributed by atoms with van der Waals surface area (Å²) >= 11 is 0. The Kier molecular flexibility index (Phi) is 6.09. The average Bonchev–Trinajstić information content (AvgIpc) is 3.28. The number of aromatic amines is 1. The fourth-order valence-corrected chi connectivity index (χ4v) is 3.55. The van der Waals surface area contributed by atoms with E-state index < -0.39 is 35.5 Å². The van der Waals surface area contributed by atoms with Gasteiger partial charge in [-0.2, -0.15) is 0 Å². The van der Waals surface area contributed by atoms with Gasteiger partial charge in [-0.15, -0.1) is 0 Å². The van der Waals surface area contributed by atoms with Crippen molar-refractivity contribution in [3.05, 3.63) is 54.1 Å². The molecule has 0 spiro atoms. The summed E-state index contributed by atoms with van der Waals surface area (Å²) in [7, 11) is 0. The van der Waals surface area contributed by atoms with Gasteiger partial charge < -0.3 is 25.0 Å². The van der Waals surface area contributed by atoms with Crippen molar-refractivity contribution in [3.63, 3.8) is 0 Å². The Balaban J connectivity index is 1.87. The Hall–Kier alpha value is -3.36. The number of urea groups is 1. The first-order chi connectivity index (χ1) is 14.2. The van der Waals surface area contributed by atoms with E-state index in [0.717, 1.165) is 5.56 Å². The SMILES string of the molecule is CC(C)(C)OC(=O)C(c1c[nH]cn1)[C@@H](C(=O)O)N1C[C@H](Cc2ccccc2)NC1=O. The largest absolute Gasteiger partial charge is 0.480 e. The number of aliphatic carboxylic acids is 1. The fourth-order valence-electron chi connectivity index (χ4n) is 3.55. The molecule has 1 saturated heterocycles. The molecule has 3 rings (SSSR count). The summed E-state index contributed by atoms with van der Waals surface area (Å²) in [6.45, 7) is 5.23. The molecule has 3 N–H and O–H groups in total. The van der Waals surface area contributed by atoms with Crippen LogP contribution >= 0.6 is 0 Å². The van der Waals surface area contributed by atoms with Gasteiger partial charge in [0.15, 0.2) is 0 Å². The lowest BCUT2D eigenvalue weighted by atomic mass is 9.94. The third kappa shape index (κ3) is 4.97. The number of hydrogen-bond acceptors (Lipinski definition) is 5. The van der Waals surface area contributed by atoms with Crippen LogP contribution < -0.4 is 5.32 Å². The summed E-state index contributed by atoms with van der Waals surface area (Å²) < 4.78 is 5.46. The highest BCUT2D eigenvalue weighted by molar-refractivity contribution is 5.91. The molecule has 0 aliphatic carbocycles. The van der Waals surface area contributed by atoms with Crippen LogP contribution in [-0.2, 0) is 20.7 Å². The molecule has 1 unspecified atom stereocenters. The average molecular weight is 414 g/mol. The lowest BCUT2D eigenvalue weighted by Gasteiger charge is -2.31. The predicted octanol–water partition coefficient (Wildman–Crippen LogP) is 1.92. The standard InChI is InChI=1S/C21H26N4O5/c1-21(2,3)30-19(28)16(15-10-22-12-23-15)17(18(26)27)25-11-14(24-20(25)29)9-13-7-5-4-6-8-13/h4-8,10,12,14,16-17H,9,11H2,1-3H3,(H,22,23)(H,24,29)(H,26,27)/t14-,16?,17-/m0/s1. The van der Waals surface area contributed by atoms with E-state index in [-0.39, 0.29) is 18.3 Å². The van der Waals surface area contributed by atoms with Crippen LogP contribution in [0.25, 0.3) is 0 Å². The Morgan fingerprint density at radius 1 is 1.30 bits per heavy atom. The second kappa shape index (κ2) is 8.56. The molecule has 2 heterocycles. The smallest absolute Gasteiger partial charge is 0.327 e. The summed E-state index contributed by atoms with van der Waals surface area (Å²) in [5, 5.41) is 12.8. The molecular weight excluding hydrogens is 388 g/mol. The Labute approximate surface area is 174 Å². The van der Waals surface area contributed by atoms with Crippen LogP contribution in [0, 0.1) is 0 Å². The maximum atomic E-state index is 12.9. The molecule has 0 radical (unpaired) electrons. The fraction of sp³-hybridized carbons (Fsp3) is 0.429. The molecule has 2 aromatic rings. The third-order valence-corrected chi connectivity index (χ3v) is 4.73. The number of carbonyl (C=O) groups is 3. The van der Waals surface area contributed by atoms with E-state index in [0.29, 0.717) is 6.42 Å². The first-order valence-electron chi connectivity index (χ1n) is 9.71. The summed E-state index contributed by atoms with van der Waals surface area (Å²) in [5.41, 5.74) is 0.404. The Bertz CT molecular complexity index is 892. The number of rotatable bonds is 7. The predicted molar refractivity (Wildman–Crippen MR) is 108 cm³/mol. The van der Waals surface area contributed by atoms with Crippen LogP contribution in [0.4, 0.5) is 4.79 Å². The number of aromatic nitrogens is 2. The van der Waals surface area contributed by atoms with Crippen molar-refractivity contribution in [3.8, 4) is 0 Å². The number of amides is 2. The number of hydrogen-bond donors (Lipinski definition) is 3. The molecule has 1 aromatic heterocycles. The summed E-state index contributed by atoms with van der Waals surface area (Å²) in [6.07, 6.45) is 3.35. The zero-order chi connectivity index (χ0) is 21.9. The van der Waals surface area contributed by atoms with E-state index in [2.05, 4.69) is 15.3 Å². The van der Waals surface area contributed by atoms with Crippen molar-refractivity contribution in [2.24, 2.45) is 0 Å². The number of carboxylic acids is 1. The monoisotopic (exact) mass is 414 g/mol. The van der Waals surface area contributed by atoms with Crippen molar-refractivity contribution in [2.75, 3.05) is 6.54 Å². The van der Waals surface area contributed by atoms with Gasteiger partial charge in [-0.3, -0.25) is 4.79 Å². The summed E-state index contributed by atoms with van der Waals surface area (Å²) in [5.74, 6) is -3.32. The molecule has 160 valence electrons. The van der Waals surface area contributed by atoms with Crippen LogP contribution in [-0.4, -0.2) is 62.2 Å². The van der Waals surface area contributed by atoms with Crippen molar-refractivity contribution in [1.82, 2.24) is 20.2 Å². The second-order valence-corrected chi connectivity index (χ2v) is 8.28. The van der Waals surface area contributed by atoms with Crippen molar-refractivity contribution in [2.45, 2.75) is 50.8 Å². The molecule has 1 aromatic carbocycles. The van der Waals surface area contributed by atoms with Crippen molar-refractivity contribution >= 4 is 18.0 Å². The highest BCUT2D eigenvalue weighted by atomic mass is 16.6. The van der Waals surface area contributed by atoms with Gasteiger partial charge in [-0.25, -0.2) is 14.6 Å². The minimum absolute atomic E-state index is 0.147. The number of nitrogens with zero attached hydrogens (tertiary/aromatic N) is 2. The highest BCUT2D eigenvalue weighted by Crippen LogP contribution is 2.28. The number of carbonyl (C=O) groups excluding carboxylic acids is 2. The molecule has 1 fully saturated rings. The number of carboxylic acid groups (broad SMARTS) is 1. The third-order valence-electron chi connectivity index (χ3n) is 4.73. The van der Waals surface area contributed by atoms with Gasteiger partial charge in [0.2, 0.25) is 0 Å². The summed E-state index contributed by atoms with van der Waals surface area (Å²) in [6, 6.07) is 7.32.